The lowest BCUT2D eigenvalue weighted by molar-refractivity contribution is 0.0939. The van der Waals surface area contributed by atoms with Crippen LogP contribution in [0.4, 0.5) is 5.69 Å². The predicted molar refractivity (Wildman–Crippen MR) is 132 cm³/mol. The van der Waals surface area contributed by atoms with Gasteiger partial charge in [0.15, 0.2) is 0 Å². The number of para-hydroxylation sites is 1. The molecule has 0 fully saturated rings. The fourth-order valence-electron chi connectivity index (χ4n) is 3.80. The van der Waals surface area contributed by atoms with Crippen LogP contribution in [-0.4, -0.2) is 27.7 Å². The number of hydrogen-bond acceptors (Lipinski definition) is 4. The molecule has 0 saturated carbocycles. The predicted octanol–water partition coefficient (Wildman–Crippen LogP) is 4.77. The molecule has 33 heavy (non-hydrogen) atoms. The monoisotopic (exact) mass is 466 g/mol. The Morgan fingerprint density at radius 1 is 1.00 bits per heavy atom. The topological polar surface area (TPSA) is 75.7 Å². The number of nitrogens with zero attached hydrogens (tertiary/aromatic N) is 1. The molecular weight excluding hydrogens is 436 g/mol. The van der Waals surface area contributed by atoms with Gasteiger partial charge in [-0.3, -0.25) is 9.10 Å². The first kappa shape index (κ1) is 24.3. The van der Waals surface area contributed by atoms with Crippen molar-refractivity contribution >= 4 is 21.6 Å². The van der Waals surface area contributed by atoms with Crippen LogP contribution in [0.5, 0.6) is 5.75 Å². The number of aryl methyl sites for hydroxylation is 2. The van der Waals surface area contributed by atoms with Crippen molar-refractivity contribution in [3.8, 4) is 5.75 Å². The van der Waals surface area contributed by atoms with E-state index >= 15 is 0 Å². The van der Waals surface area contributed by atoms with Crippen molar-refractivity contribution in [1.29, 1.82) is 0 Å². The van der Waals surface area contributed by atoms with Crippen molar-refractivity contribution < 1.29 is 17.9 Å². The maximum absolute atomic E-state index is 12.8. The maximum atomic E-state index is 12.8. The molecule has 0 bridgehead atoms. The van der Waals surface area contributed by atoms with E-state index in [1.807, 2.05) is 63.2 Å². The number of hydrogen-bond donors (Lipinski definition) is 1. The highest BCUT2D eigenvalue weighted by Crippen LogP contribution is 2.25. The summed E-state index contributed by atoms with van der Waals surface area (Å²) in [6.45, 7) is 5.96. The first-order valence-electron chi connectivity index (χ1n) is 10.7. The van der Waals surface area contributed by atoms with Crippen LogP contribution in [0.1, 0.15) is 45.6 Å². The second-order valence-electron chi connectivity index (χ2n) is 8.25. The lowest BCUT2D eigenvalue weighted by atomic mass is 10.1. The van der Waals surface area contributed by atoms with Crippen molar-refractivity contribution in [3.63, 3.8) is 0 Å². The molecule has 1 atom stereocenters. The summed E-state index contributed by atoms with van der Waals surface area (Å²) in [4.78, 5) is 12.8. The van der Waals surface area contributed by atoms with Crippen LogP contribution in [0.2, 0.25) is 0 Å². The fourth-order valence-corrected chi connectivity index (χ4v) is 4.68. The highest BCUT2D eigenvalue weighted by Gasteiger charge is 2.19. The maximum Gasteiger partial charge on any atom is 0.251 e. The summed E-state index contributed by atoms with van der Waals surface area (Å²) in [5.74, 6) is 0.502. The van der Waals surface area contributed by atoms with Gasteiger partial charge in [-0.05, 0) is 67.8 Å². The minimum absolute atomic E-state index is 0.182. The number of amides is 1. The van der Waals surface area contributed by atoms with Gasteiger partial charge in [0.1, 0.15) is 5.75 Å². The van der Waals surface area contributed by atoms with Gasteiger partial charge in [0.25, 0.3) is 5.91 Å². The third-order valence-corrected chi connectivity index (χ3v) is 6.53. The van der Waals surface area contributed by atoms with Crippen LogP contribution in [-0.2, 0) is 16.6 Å². The zero-order chi connectivity index (χ0) is 24.2. The molecule has 0 spiro atoms. The largest absolute Gasteiger partial charge is 0.496 e. The number of ether oxygens (including phenoxy) is 1. The van der Waals surface area contributed by atoms with Gasteiger partial charge in [-0.2, -0.15) is 0 Å². The molecule has 3 aromatic rings. The van der Waals surface area contributed by atoms with E-state index in [0.29, 0.717) is 17.0 Å². The molecule has 0 aromatic heterocycles. The normalized spacial score (nSPS) is 12.2. The summed E-state index contributed by atoms with van der Waals surface area (Å²) in [5.41, 5.74) is 4.79. The second kappa shape index (κ2) is 10.1. The van der Waals surface area contributed by atoms with E-state index in [1.165, 1.54) is 10.6 Å². The van der Waals surface area contributed by atoms with E-state index < -0.39 is 10.0 Å². The molecule has 6 nitrogen and oxygen atoms in total. The number of nitrogens with one attached hydrogen (secondary N) is 1. The fraction of sp³-hybridized carbons (Fsp3) is 0.269. The number of carbonyl (C=O) groups is 1. The van der Waals surface area contributed by atoms with Gasteiger partial charge in [-0.15, -0.1) is 0 Å². The Labute approximate surface area is 196 Å². The summed E-state index contributed by atoms with van der Waals surface area (Å²) < 4.78 is 31.7. The molecule has 0 heterocycles. The molecule has 0 aliphatic rings. The van der Waals surface area contributed by atoms with E-state index in [9.17, 15) is 13.2 Å². The molecule has 174 valence electrons. The third-order valence-electron chi connectivity index (χ3n) is 5.39. The van der Waals surface area contributed by atoms with Crippen LogP contribution < -0.4 is 14.4 Å². The number of sulfonamides is 1. The molecule has 1 amide bonds. The van der Waals surface area contributed by atoms with Crippen molar-refractivity contribution in [2.45, 2.75) is 33.4 Å². The SMILES string of the molecule is COc1ccccc1[C@@H](C)NC(=O)c1ccc(CN(c2cc(C)cc(C)c2)S(C)(=O)=O)cc1. The van der Waals surface area contributed by atoms with Gasteiger partial charge in [-0.25, -0.2) is 8.42 Å². The first-order chi connectivity index (χ1) is 15.6. The van der Waals surface area contributed by atoms with E-state index in [1.54, 1.807) is 31.4 Å². The molecule has 7 heteroatoms. The molecule has 0 radical (unpaired) electrons. The van der Waals surface area contributed by atoms with Gasteiger partial charge >= 0.3 is 0 Å². The van der Waals surface area contributed by atoms with Gasteiger partial charge in [0.2, 0.25) is 10.0 Å². The molecule has 3 aromatic carbocycles. The van der Waals surface area contributed by atoms with Gasteiger partial charge in [0.05, 0.1) is 31.6 Å². The van der Waals surface area contributed by atoms with Crippen molar-refractivity contribution in [2.75, 3.05) is 17.7 Å². The lowest BCUT2D eigenvalue weighted by Gasteiger charge is -2.23. The van der Waals surface area contributed by atoms with Crippen molar-refractivity contribution in [2.24, 2.45) is 0 Å². The quantitative estimate of drug-likeness (QED) is 0.519. The summed E-state index contributed by atoms with van der Waals surface area (Å²) in [7, 11) is -1.89. The number of rotatable bonds is 8. The van der Waals surface area contributed by atoms with Gasteiger partial charge in [-0.1, -0.05) is 36.4 Å². The number of methoxy groups -OCH3 is 1. The Bertz CT molecular complexity index is 1220. The van der Waals surface area contributed by atoms with Crippen LogP contribution in [0.15, 0.2) is 66.7 Å². The molecule has 0 aliphatic carbocycles. The highest BCUT2D eigenvalue weighted by molar-refractivity contribution is 7.92. The van der Waals surface area contributed by atoms with Gasteiger partial charge in [0, 0.05) is 11.1 Å². The molecule has 0 saturated heterocycles. The smallest absolute Gasteiger partial charge is 0.251 e. The van der Waals surface area contributed by atoms with Gasteiger partial charge < -0.3 is 10.1 Å². The summed E-state index contributed by atoms with van der Waals surface area (Å²) in [5, 5.41) is 2.98. The minimum Gasteiger partial charge on any atom is -0.496 e. The average Bonchev–Trinajstić information content (AvgIpc) is 2.76. The van der Waals surface area contributed by atoms with Crippen LogP contribution in [0.25, 0.3) is 0 Å². The Kier molecular flexibility index (Phi) is 7.43. The number of benzene rings is 3. The highest BCUT2D eigenvalue weighted by atomic mass is 32.2. The standard InChI is InChI=1S/C26H30N2O4S/c1-18-14-19(2)16-23(15-18)28(33(5,30)31)17-21-10-12-22(13-11-21)26(29)27-20(3)24-8-6-7-9-25(24)32-4/h6-16,20H,17H2,1-5H3,(H,27,29)/t20-/m1/s1. The zero-order valence-corrected chi connectivity index (χ0v) is 20.4. The average molecular weight is 467 g/mol. The van der Waals surface area contributed by atoms with Crippen molar-refractivity contribution in [1.82, 2.24) is 5.32 Å². The minimum atomic E-state index is -3.49. The molecule has 0 unspecified atom stereocenters. The van der Waals surface area contributed by atoms with Crippen molar-refractivity contribution in [3.05, 3.63) is 94.5 Å². The number of carbonyl (C=O) groups excluding carboxylic acids is 1. The Morgan fingerprint density at radius 2 is 1.61 bits per heavy atom. The molecule has 3 rings (SSSR count). The van der Waals surface area contributed by atoms with E-state index in [2.05, 4.69) is 5.32 Å². The molecular formula is C26H30N2O4S. The van der Waals surface area contributed by atoms with E-state index in [4.69, 9.17) is 4.74 Å². The zero-order valence-electron chi connectivity index (χ0n) is 19.6. The summed E-state index contributed by atoms with van der Waals surface area (Å²) in [6.07, 6.45) is 1.20. The third kappa shape index (κ3) is 6.14. The summed E-state index contributed by atoms with van der Waals surface area (Å²) >= 11 is 0. The van der Waals surface area contributed by atoms with Crippen LogP contribution >= 0.6 is 0 Å². The molecule has 1 N–H and O–H groups in total. The Balaban J connectivity index is 1.76. The van der Waals surface area contributed by atoms with Crippen LogP contribution in [0, 0.1) is 13.8 Å². The first-order valence-corrected chi connectivity index (χ1v) is 12.5. The molecule has 0 aliphatic heterocycles. The Morgan fingerprint density at radius 3 is 2.18 bits per heavy atom. The van der Waals surface area contributed by atoms with E-state index in [-0.39, 0.29) is 18.5 Å². The number of anilines is 1. The van der Waals surface area contributed by atoms with E-state index in [0.717, 1.165) is 22.3 Å². The summed E-state index contributed by atoms with van der Waals surface area (Å²) in [6, 6.07) is 20.0. The second-order valence-corrected chi connectivity index (χ2v) is 10.2. The van der Waals surface area contributed by atoms with Crippen LogP contribution in [0.3, 0.4) is 0 Å². The lowest BCUT2D eigenvalue weighted by Crippen LogP contribution is -2.29. The Hall–Kier alpha value is -3.32.